The molecular formula is C20H18Cl2N2O2. The summed E-state index contributed by atoms with van der Waals surface area (Å²) < 4.78 is 0. The highest BCUT2D eigenvalue weighted by Crippen LogP contribution is 2.31. The van der Waals surface area contributed by atoms with Crippen molar-refractivity contribution in [3.63, 3.8) is 0 Å². The zero-order chi connectivity index (χ0) is 18.3. The number of aliphatic hydroxyl groups excluding tert-OH is 1. The van der Waals surface area contributed by atoms with E-state index in [0.29, 0.717) is 23.1 Å². The third-order valence-electron chi connectivity index (χ3n) is 5.00. The lowest BCUT2D eigenvalue weighted by atomic mass is 9.96. The molecule has 1 aliphatic heterocycles. The van der Waals surface area contributed by atoms with Gasteiger partial charge in [-0.15, -0.1) is 0 Å². The van der Waals surface area contributed by atoms with Gasteiger partial charge in [0.1, 0.15) is 0 Å². The van der Waals surface area contributed by atoms with Crippen molar-refractivity contribution in [3.05, 3.63) is 69.3 Å². The topological polar surface area (TPSA) is 56.3 Å². The molecule has 2 aromatic carbocycles. The lowest BCUT2D eigenvalue weighted by Gasteiger charge is -2.30. The molecule has 4 rings (SSSR count). The average molecular weight is 389 g/mol. The Morgan fingerprint density at radius 1 is 1.15 bits per heavy atom. The van der Waals surface area contributed by atoms with E-state index in [1.165, 1.54) is 5.56 Å². The maximum atomic E-state index is 13.0. The van der Waals surface area contributed by atoms with Crippen LogP contribution in [0, 0.1) is 0 Å². The molecule has 4 nitrogen and oxygen atoms in total. The van der Waals surface area contributed by atoms with Gasteiger partial charge in [0, 0.05) is 33.2 Å². The molecule has 2 heterocycles. The predicted molar refractivity (Wildman–Crippen MR) is 104 cm³/mol. The van der Waals surface area contributed by atoms with Crippen molar-refractivity contribution >= 4 is 40.0 Å². The second-order valence-corrected chi connectivity index (χ2v) is 7.44. The molecule has 6 heteroatoms. The maximum absolute atomic E-state index is 13.0. The minimum atomic E-state index is -0.576. The summed E-state index contributed by atoms with van der Waals surface area (Å²) in [5.41, 5.74) is 4.06. The fourth-order valence-corrected chi connectivity index (χ4v) is 3.94. The fourth-order valence-electron chi connectivity index (χ4n) is 3.64. The Balaban J connectivity index is 1.60. The van der Waals surface area contributed by atoms with E-state index in [2.05, 4.69) is 4.98 Å². The smallest absolute Gasteiger partial charge is 0.232 e. The molecule has 0 bridgehead atoms. The van der Waals surface area contributed by atoms with Crippen LogP contribution in [0.2, 0.25) is 10.0 Å². The highest BCUT2D eigenvalue weighted by atomic mass is 35.5. The SMILES string of the molecule is O=C(C(CO)c1ccc(Cl)cc1)N1CCc2c([nH]c3ccc(Cl)cc23)C1. The van der Waals surface area contributed by atoms with Gasteiger partial charge < -0.3 is 15.0 Å². The van der Waals surface area contributed by atoms with Crippen LogP contribution in [0.1, 0.15) is 22.7 Å². The van der Waals surface area contributed by atoms with Gasteiger partial charge in [-0.1, -0.05) is 35.3 Å². The fraction of sp³-hybridized carbons (Fsp3) is 0.250. The molecule has 1 aliphatic rings. The number of halogens is 2. The minimum absolute atomic E-state index is 0.0721. The number of aromatic nitrogens is 1. The van der Waals surface area contributed by atoms with Crippen molar-refractivity contribution < 1.29 is 9.90 Å². The molecule has 1 aromatic heterocycles. The molecule has 0 fully saturated rings. The van der Waals surface area contributed by atoms with Gasteiger partial charge in [0.15, 0.2) is 0 Å². The zero-order valence-electron chi connectivity index (χ0n) is 14.0. The molecule has 0 saturated carbocycles. The summed E-state index contributed by atoms with van der Waals surface area (Å²) in [5.74, 6) is -0.648. The minimum Gasteiger partial charge on any atom is -0.395 e. The number of rotatable bonds is 3. The molecule has 1 amide bonds. The lowest BCUT2D eigenvalue weighted by molar-refractivity contribution is -0.134. The largest absolute Gasteiger partial charge is 0.395 e. The number of nitrogens with zero attached hydrogens (tertiary/aromatic N) is 1. The van der Waals surface area contributed by atoms with Crippen molar-refractivity contribution in [1.82, 2.24) is 9.88 Å². The van der Waals surface area contributed by atoms with Crippen LogP contribution in [-0.2, 0) is 17.8 Å². The standard InChI is InChI=1S/C20H18Cl2N2O2/c21-13-3-1-12(2-4-13)17(11-25)20(26)24-8-7-15-16-9-14(22)5-6-18(16)23-19(15)10-24/h1-6,9,17,23,25H,7-8,10-11H2. The third-order valence-corrected chi connectivity index (χ3v) is 5.49. The van der Waals surface area contributed by atoms with Gasteiger partial charge in [0.2, 0.25) is 5.91 Å². The molecule has 0 aliphatic carbocycles. The van der Waals surface area contributed by atoms with Crippen molar-refractivity contribution in [2.24, 2.45) is 0 Å². The van der Waals surface area contributed by atoms with E-state index in [9.17, 15) is 9.90 Å². The third kappa shape index (κ3) is 3.09. The number of carbonyl (C=O) groups excluding carboxylic acids is 1. The first-order valence-corrected chi connectivity index (χ1v) is 9.26. The Morgan fingerprint density at radius 3 is 2.62 bits per heavy atom. The average Bonchev–Trinajstić information content (AvgIpc) is 3.00. The summed E-state index contributed by atoms with van der Waals surface area (Å²) in [4.78, 5) is 18.2. The Hall–Kier alpha value is -2.01. The maximum Gasteiger partial charge on any atom is 0.232 e. The normalized spacial score (nSPS) is 15.1. The van der Waals surface area contributed by atoms with Crippen molar-refractivity contribution in [2.45, 2.75) is 18.9 Å². The molecule has 0 radical (unpaired) electrons. The number of hydrogen-bond acceptors (Lipinski definition) is 2. The Bertz CT molecular complexity index is 966. The van der Waals surface area contributed by atoms with E-state index >= 15 is 0 Å². The number of benzene rings is 2. The van der Waals surface area contributed by atoms with E-state index < -0.39 is 5.92 Å². The van der Waals surface area contributed by atoms with E-state index in [1.807, 2.05) is 18.2 Å². The van der Waals surface area contributed by atoms with Gasteiger partial charge in [0.05, 0.1) is 19.1 Å². The monoisotopic (exact) mass is 388 g/mol. The Kier molecular flexibility index (Phi) is 4.65. The van der Waals surface area contributed by atoms with Crippen LogP contribution in [-0.4, -0.2) is 34.0 Å². The summed E-state index contributed by atoms with van der Waals surface area (Å²) in [6.45, 7) is 0.895. The van der Waals surface area contributed by atoms with Gasteiger partial charge >= 0.3 is 0 Å². The first kappa shape index (κ1) is 17.4. The van der Waals surface area contributed by atoms with Crippen molar-refractivity contribution in [1.29, 1.82) is 0 Å². The van der Waals surface area contributed by atoms with Crippen molar-refractivity contribution in [3.8, 4) is 0 Å². The first-order valence-electron chi connectivity index (χ1n) is 8.51. The van der Waals surface area contributed by atoms with Gasteiger partial charge in [0.25, 0.3) is 0 Å². The zero-order valence-corrected chi connectivity index (χ0v) is 15.5. The van der Waals surface area contributed by atoms with Gasteiger partial charge in [-0.3, -0.25) is 4.79 Å². The quantitative estimate of drug-likeness (QED) is 0.708. The number of hydrogen-bond donors (Lipinski definition) is 2. The Labute approximate surface area is 161 Å². The number of aliphatic hydroxyl groups is 1. The summed E-state index contributed by atoms with van der Waals surface area (Å²) >= 11 is 12.0. The van der Waals surface area contributed by atoms with E-state index in [4.69, 9.17) is 23.2 Å². The van der Waals surface area contributed by atoms with E-state index in [0.717, 1.165) is 28.6 Å². The van der Waals surface area contributed by atoms with Crippen LogP contribution in [0.4, 0.5) is 0 Å². The summed E-state index contributed by atoms with van der Waals surface area (Å²) in [6, 6.07) is 12.9. The number of fused-ring (bicyclic) bond motifs is 3. The summed E-state index contributed by atoms with van der Waals surface area (Å²) in [7, 11) is 0. The second-order valence-electron chi connectivity index (χ2n) is 6.57. The van der Waals surface area contributed by atoms with Crippen LogP contribution in [0.5, 0.6) is 0 Å². The molecule has 0 spiro atoms. The molecule has 26 heavy (non-hydrogen) atoms. The molecule has 0 saturated heterocycles. The Morgan fingerprint density at radius 2 is 1.88 bits per heavy atom. The van der Waals surface area contributed by atoms with Crippen LogP contribution >= 0.6 is 23.2 Å². The van der Waals surface area contributed by atoms with E-state index in [1.54, 1.807) is 29.2 Å². The number of carbonyl (C=O) groups is 1. The molecule has 134 valence electrons. The van der Waals surface area contributed by atoms with Crippen LogP contribution in [0.15, 0.2) is 42.5 Å². The lowest BCUT2D eigenvalue weighted by Crippen LogP contribution is -2.39. The van der Waals surface area contributed by atoms with Crippen LogP contribution in [0.3, 0.4) is 0 Å². The second kappa shape index (κ2) is 6.95. The van der Waals surface area contributed by atoms with Gasteiger partial charge in [-0.2, -0.15) is 0 Å². The van der Waals surface area contributed by atoms with E-state index in [-0.39, 0.29) is 12.5 Å². The molecule has 1 atom stereocenters. The van der Waals surface area contributed by atoms with Crippen LogP contribution in [0.25, 0.3) is 10.9 Å². The molecule has 1 unspecified atom stereocenters. The summed E-state index contributed by atoms with van der Waals surface area (Å²) in [6.07, 6.45) is 0.764. The van der Waals surface area contributed by atoms with Gasteiger partial charge in [-0.05, 0) is 47.9 Å². The molecule has 2 N–H and O–H groups in total. The first-order chi connectivity index (χ1) is 12.6. The van der Waals surface area contributed by atoms with Crippen molar-refractivity contribution in [2.75, 3.05) is 13.2 Å². The predicted octanol–water partition coefficient (Wildman–Crippen LogP) is 4.14. The number of amides is 1. The highest BCUT2D eigenvalue weighted by molar-refractivity contribution is 6.31. The summed E-state index contributed by atoms with van der Waals surface area (Å²) in [5, 5.41) is 12.2. The van der Waals surface area contributed by atoms with Gasteiger partial charge in [-0.25, -0.2) is 0 Å². The molecular weight excluding hydrogens is 371 g/mol. The number of H-pyrrole nitrogens is 1. The number of nitrogens with one attached hydrogen (secondary N) is 1. The number of aromatic amines is 1. The highest BCUT2D eigenvalue weighted by Gasteiger charge is 2.29. The molecule has 3 aromatic rings. The van der Waals surface area contributed by atoms with Crippen LogP contribution < -0.4 is 0 Å².